The van der Waals surface area contributed by atoms with Gasteiger partial charge in [0.05, 0.1) is 12.6 Å². The summed E-state index contributed by atoms with van der Waals surface area (Å²) in [5.41, 5.74) is -2.34. The molecule has 0 unspecified atom stereocenters. The number of carboxylic acid groups (broad SMARTS) is 2. The third-order valence-corrected chi connectivity index (χ3v) is 3.21. The third-order valence-electron chi connectivity index (χ3n) is 3.21. The summed E-state index contributed by atoms with van der Waals surface area (Å²) in [6.45, 7) is 4.83. The van der Waals surface area contributed by atoms with Crippen molar-refractivity contribution in [3.05, 3.63) is 0 Å². The molecule has 1 fully saturated rings. The summed E-state index contributed by atoms with van der Waals surface area (Å²) < 4.78 is 0. The van der Waals surface area contributed by atoms with Crippen molar-refractivity contribution in [2.75, 3.05) is 6.54 Å². The molecule has 3 N–H and O–H groups in total. The first-order chi connectivity index (χ1) is 7.13. The zero-order valence-corrected chi connectivity index (χ0v) is 9.60. The summed E-state index contributed by atoms with van der Waals surface area (Å²) in [6.07, 6.45) is -2.31. The Hall–Kier alpha value is -1.30. The van der Waals surface area contributed by atoms with Gasteiger partial charge in [-0.05, 0) is 5.41 Å². The molecule has 92 valence electrons. The quantitative estimate of drug-likeness (QED) is 0.614. The van der Waals surface area contributed by atoms with E-state index in [0.29, 0.717) is 0 Å². The van der Waals surface area contributed by atoms with Gasteiger partial charge >= 0.3 is 12.1 Å². The highest BCUT2D eigenvalue weighted by Crippen LogP contribution is 2.44. The van der Waals surface area contributed by atoms with E-state index in [-0.39, 0.29) is 13.0 Å². The van der Waals surface area contributed by atoms with Crippen LogP contribution >= 0.6 is 0 Å². The normalized spacial score (nSPS) is 30.5. The maximum absolute atomic E-state index is 11.4. The Balaban J connectivity index is 3.29. The summed E-state index contributed by atoms with van der Waals surface area (Å²) >= 11 is 0. The predicted octanol–water partition coefficient (Wildman–Crippen LogP) is 0.601. The van der Waals surface area contributed by atoms with E-state index in [9.17, 15) is 19.8 Å². The minimum Gasteiger partial charge on any atom is -0.479 e. The molecule has 1 rings (SSSR count). The number of hydrogen-bond donors (Lipinski definition) is 3. The second-order valence-corrected chi connectivity index (χ2v) is 5.17. The van der Waals surface area contributed by atoms with Crippen molar-refractivity contribution in [2.45, 2.75) is 38.8 Å². The molecule has 0 aliphatic carbocycles. The fraction of sp³-hybridized carbons (Fsp3) is 0.800. The van der Waals surface area contributed by atoms with Crippen molar-refractivity contribution >= 4 is 12.1 Å². The summed E-state index contributed by atoms with van der Waals surface area (Å²) in [6, 6.07) is 0. The highest BCUT2D eigenvalue weighted by molar-refractivity contribution is 5.85. The van der Waals surface area contributed by atoms with Gasteiger partial charge in [0.25, 0.3) is 0 Å². The lowest BCUT2D eigenvalue weighted by Gasteiger charge is -2.42. The first-order valence-electron chi connectivity index (χ1n) is 5.05. The van der Waals surface area contributed by atoms with Crippen molar-refractivity contribution in [3.8, 4) is 0 Å². The molecule has 16 heavy (non-hydrogen) atoms. The van der Waals surface area contributed by atoms with E-state index < -0.39 is 29.1 Å². The first-order valence-corrected chi connectivity index (χ1v) is 5.05. The number of carbonyl (C=O) groups is 2. The molecule has 0 bridgehead atoms. The lowest BCUT2D eigenvalue weighted by molar-refractivity contribution is -0.155. The monoisotopic (exact) mass is 231 g/mol. The fourth-order valence-electron chi connectivity index (χ4n) is 2.36. The van der Waals surface area contributed by atoms with Crippen molar-refractivity contribution in [1.82, 2.24) is 4.90 Å². The molecule has 0 aromatic rings. The van der Waals surface area contributed by atoms with Crippen LogP contribution in [0.25, 0.3) is 0 Å². The number of nitrogens with zero attached hydrogens (tertiary/aromatic N) is 1. The molecule has 1 heterocycles. The van der Waals surface area contributed by atoms with Gasteiger partial charge in [0.15, 0.2) is 5.54 Å². The Morgan fingerprint density at radius 3 is 2.06 bits per heavy atom. The first kappa shape index (κ1) is 12.8. The van der Waals surface area contributed by atoms with E-state index in [1.54, 1.807) is 20.8 Å². The van der Waals surface area contributed by atoms with Gasteiger partial charge in [-0.15, -0.1) is 0 Å². The average Bonchev–Trinajstić information content (AvgIpc) is 2.42. The van der Waals surface area contributed by atoms with Gasteiger partial charge in [0, 0.05) is 6.42 Å². The van der Waals surface area contributed by atoms with Crippen molar-refractivity contribution in [3.63, 3.8) is 0 Å². The van der Waals surface area contributed by atoms with Crippen molar-refractivity contribution < 1.29 is 24.9 Å². The smallest absolute Gasteiger partial charge is 0.408 e. The SMILES string of the molecule is CC(C)(C)[C@]1(C(=O)O)C[C@@H](O)CN1C(=O)O. The summed E-state index contributed by atoms with van der Waals surface area (Å²) in [5.74, 6) is -1.21. The van der Waals surface area contributed by atoms with Gasteiger partial charge < -0.3 is 15.3 Å². The topological polar surface area (TPSA) is 98.1 Å². The predicted molar refractivity (Wildman–Crippen MR) is 55.2 cm³/mol. The third kappa shape index (κ3) is 1.63. The highest BCUT2D eigenvalue weighted by atomic mass is 16.4. The summed E-state index contributed by atoms with van der Waals surface area (Å²) in [7, 11) is 0. The number of β-amino-alcohol motifs (C(OH)–C–C–N with tert-alkyl or cyclic N) is 1. The molecule has 0 spiro atoms. The van der Waals surface area contributed by atoms with Crippen LogP contribution in [0.4, 0.5) is 4.79 Å². The minimum absolute atomic E-state index is 0.0713. The molecule has 0 radical (unpaired) electrons. The van der Waals surface area contributed by atoms with Crippen LogP contribution in [0.3, 0.4) is 0 Å². The van der Waals surface area contributed by atoms with Crippen LogP contribution < -0.4 is 0 Å². The molecule has 0 aromatic heterocycles. The zero-order chi connectivity index (χ0) is 12.7. The maximum atomic E-state index is 11.4. The van der Waals surface area contributed by atoms with E-state index in [2.05, 4.69) is 0 Å². The van der Waals surface area contributed by atoms with Crippen LogP contribution in [-0.4, -0.2) is 50.5 Å². The van der Waals surface area contributed by atoms with Crippen LogP contribution in [0.15, 0.2) is 0 Å². The molecule has 2 atom stereocenters. The number of aliphatic carboxylic acids is 1. The standard InChI is InChI=1S/C10H17NO5/c1-9(2,3)10(7(13)14)4-6(12)5-11(10)8(15)16/h6,12H,4-5H2,1-3H3,(H,13,14)(H,15,16)/t6-,10-/m1/s1. The molecule has 6 heteroatoms. The zero-order valence-electron chi connectivity index (χ0n) is 9.60. The van der Waals surface area contributed by atoms with Gasteiger partial charge in [-0.2, -0.15) is 0 Å². The van der Waals surface area contributed by atoms with Crippen LogP contribution in [0.2, 0.25) is 0 Å². The molecule has 1 amide bonds. The Kier molecular flexibility index (Phi) is 2.89. The molecule has 0 saturated carbocycles. The molecular formula is C10H17NO5. The van der Waals surface area contributed by atoms with E-state index >= 15 is 0 Å². The number of aliphatic hydroxyl groups is 1. The van der Waals surface area contributed by atoms with E-state index in [0.717, 1.165) is 4.90 Å². The minimum atomic E-state index is -1.56. The lowest BCUT2D eigenvalue weighted by Crippen LogP contribution is -2.60. The average molecular weight is 231 g/mol. The van der Waals surface area contributed by atoms with Gasteiger partial charge in [-0.3, -0.25) is 4.90 Å². The van der Waals surface area contributed by atoms with Gasteiger partial charge in [-0.1, -0.05) is 20.8 Å². The maximum Gasteiger partial charge on any atom is 0.408 e. The van der Waals surface area contributed by atoms with Crippen LogP contribution in [0.1, 0.15) is 27.2 Å². The number of likely N-dealkylation sites (tertiary alicyclic amines) is 1. The number of rotatable bonds is 1. The molecule has 1 saturated heterocycles. The molecule has 1 aliphatic rings. The number of aliphatic hydroxyl groups excluding tert-OH is 1. The summed E-state index contributed by atoms with van der Waals surface area (Å²) in [5, 5.41) is 27.9. The van der Waals surface area contributed by atoms with Crippen molar-refractivity contribution in [2.24, 2.45) is 5.41 Å². The number of carboxylic acids is 1. The van der Waals surface area contributed by atoms with E-state index in [1.807, 2.05) is 0 Å². The van der Waals surface area contributed by atoms with E-state index in [1.165, 1.54) is 0 Å². The largest absolute Gasteiger partial charge is 0.479 e. The van der Waals surface area contributed by atoms with Crippen LogP contribution in [-0.2, 0) is 4.79 Å². The molecule has 0 aromatic carbocycles. The summed E-state index contributed by atoms with van der Waals surface area (Å²) in [4.78, 5) is 23.3. The molecule has 6 nitrogen and oxygen atoms in total. The van der Waals surface area contributed by atoms with Gasteiger partial charge in [0.2, 0.25) is 0 Å². The number of amides is 1. The Bertz CT molecular complexity index is 322. The van der Waals surface area contributed by atoms with Gasteiger partial charge in [0.1, 0.15) is 0 Å². The van der Waals surface area contributed by atoms with Crippen LogP contribution in [0, 0.1) is 5.41 Å². The van der Waals surface area contributed by atoms with Gasteiger partial charge in [-0.25, -0.2) is 9.59 Å². The molecule has 1 aliphatic heterocycles. The molecular weight excluding hydrogens is 214 g/mol. The fourth-order valence-corrected chi connectivity index (χ4v) is 2.36. The highest BCUT2D eigenvalue weighted by Gasteiger charge is 2.60. The second kappa shape index (κ2) is 3.62. The van der Waals surface area contributed by atoms with Crippen molar-refractivity contribution in [1.29, 1.82) is 0 Å². The van der Waals surface area contributed by atoms with Crippen LogP contribution in [0.5, 0.6) is 0 Å². The Morgan fingerprint density at radius 2 is 1.81 bits per heavy atom. The second-order valence-electron chi connectivity index (χ2n) is 5.17. The number of hydrogen-bond acceptors (Lipinski definition) is 3. The lowest BCUT2D eigenvalue weighted by atomic mass is 9.71. The Labute approximate surface area is 93.5 Å². The Morgan fingerprint density at radius 1 is 1.31 bits per heavy atom. The van der Waals surface area contributed by atoms with E-state index in [4.69, 9.17) is 5.11 Å².